The summed E-state index contributed by atoms with van der Waals surface area (Å²) in [6, 6.07) is 8.47. The van der Waals surface area contributed by atoms with Crippen LogP contribution in [-0.2, 0) is 11.5 Å². The lowest BCUT2D eigenvalue weighted by Crippen LogP contribution is -2.20. The number of nitrogens with zero attached hydrogens (tertiary/aromatic N) is 2. The summed E-state index contributed by atoms with van der Waals surface area (Å²) in [4.78, 5) is 37.6. The van der Waals surface area contributed by atoms with Gasteiger partial charge in [0.05, 0.1) is 22.1 Å². The summed E-state index contributed by atoms with van der Waals surface area (Å²) in [5.41, 5.74) is 0.850. The maximum atomic E-state index is 12.9. The summed E-state index contributed by atoms with van der Waals surface area (Å²) < 4.78 is 12.1. The van der Waals surface area contributed by atoms with Crippen molar-refractivity contribution < 1.29 is 23.9 Å². The molecule has 10 heteroatoms. The second kappa shape index (κ2) is 9.76. The molecule has 0 saturated heterocycles. The van der Waals surface area contributed by atoms with Crippen molar-refractivity contribution >= 4 is 45.6 Å². The molecule has 3 aromatic rings. The Balaban J connectivity index is 1.83. The van der Waals surface area contributed by atoms with Crippen LogP contribution in [0.15, 0.2) is 36.5 Å². The number of Topliss-reactive ketones (excluding diaryl/α,β-unsaturated/α-hetero) is 1. The van der Waals surface area contributed by atoms with Crippen molar-refractivity contribution in [2.45, 2.75) is 27.5 Å². The molecule has 1 amide bonds. The molecule has 0 aliphatic carbocycles. The van der Waals surface area contributed by atoms with Crippen LogP contribution >= 0.6 is 22.9 Å². The van der Waals surface area contributed by atoms with Gasteiger partial charge in [0.1, 0.15) is 16.4 Å². The third-order valence-electron chi connectivity index (χ3n) is 4.30. The fourth-order valence-electron chi connectivity index (χ4n) is 2.87. The zero-order valence-corrected chi connectivity index (χ0v) is 18.7. The van der Waals surface area contributed by atoms with E-state index < -0.39 is 11.9 Å². The molecular weight excluding hydrogens is 442 g/mol. The van der Waals surface area contributed by atoms with Gasteiger partial charge in [-0.15, -0.1) is 11.3 Å². The minimum absolute atomic E-state index is 0.0492. The van der Waals surface area contributed by atoms with E-state index in [0.717, 1.165) is 11.3 Å². The summed E-state index contributed by atoms with van der Waals surface area (Å²) in [6.45, 7) is 4.86. The molecule has 3 rings (SSSR count). The molecule has 8 nitrogen and oxygen atoms in total. The molecule has 0 radical (unpaired) electrons. The second-order valence-corrected chi connectivity index (χ2v) is 7.84. The summed E-state index contributed by atoms with van der Waals surface area (Å²) in [5.74, 6) is -0.862. The van der Waals surface area contributed by atoms with Crippen molar-refractivity contribution in [1.82, 2.24) is 9.78 Å². The number of ketones is 1. The molecule has 2 aromatic heterocycles. The summed E-state index contributed by atoms with van der Waals surface area (Å²) in [7, 11) is 0. The Morgan fingerprint density at radius 2 is 1.97 bits per heavy atom. The van der Waals surface area contributed by atoms with Crippen LogP contribution in [0.1, 0.15) is 49.9 Å². The number of carbonyl (C=O) groups is 3. The Hall–Kier alpha value is -3.17. The van der Waals surface area contributed by atoms with Crippen molar-refractivity contribution in [1.29, 1.82) is 0 Å². The topological polar surface area (TPSA) is 99.5 Å². The first kappa shape index (κ1) is 22.5. The minimum Gasteiger partial charge on any atom is -0.470 e. The maximum absolute atomic E-state index is 12.9. The van der Waals surface area contributed by atoms with Crippen LogP contribution < -0.4 is 10.1 Å². The van der Waals surface area contributed by atoms with Crippen LogP contribution in [0.4, 0.5) is 5.00 Å². The van der Waals surface area contributed by atoms with Crippen molar-refractivity contribution in [3.8, 4) is 5.75 Å². The van der Waals surface area contributed by atoms with Crippen molar-refractivity contribution in [3.05, 3.63) is 63.2 Å². The molecule has 0 bridgehead atoms. The summed E-state index contributed by atoms with van der Waals surface area (Å²) >= 11 is 7.12. The lowest BCUT2D eigenvalue weighted by atomic mass is 10.1. The molecular formula is C21H20ClN3O5S. The lowest BCUT2D eigenvalue weighted by molar-refractivity contribution is 0.0527. The van der Waals surface area contributed by atoms with Gasteiger partial charge in [-0.05, 0) is 44.5 Å². The number of ether oxygens (including phenoxy) is 2. The van der Waals surface area contributed by atoms with Gasteiger partial charge in [-0.3, -0.25) is 9.59 Å². The monoisotopic (exact) mass is 461 g/mol. The number of esters is 1. The average molecular weight is 462 g/mol. The quantitative estimate of drug-likeness (QED) is 0.389. The number of para-hydroxylation sites is 1. The molecule has 0 aliphatic heterocycles. The molecule has 1 aromatic carbocycles. The Morgan fingerprint density at radius 3 is 2.65 bits per heavy atom. The largest absolute Gasteiger partial charge is 0.470 e. The number of carbonyl (C=O) groups excluding carboxylic acids is 3. The highest BCUT2D eigenvalue weighted by Gasteiger charge is 2.26. The zero-order chi connectivity index (χ0) is 22.5. The van der Waals surface area contributed by atoms with E-state index in [2.05, 4.69) is 10.4 Å². The number of hydrogen-bond acceptors (Lipinski definition) is 7. The number of aromatic nitrogens is 2. The van der Waals surface area contributed by atoms with Crippen LogP contribution in [0.25, 0.3) is 0 Å². The molecule has 0 atom stereocenters. The highest BCUT2D eigenvalue weighted by Crippen LogP contribution is 2.34. The highest BCUT2D eigenvalue weighted by molar-refractivity contribution is 7.18. The van der Waals surface area contributed by atoms with Gasteiger partial charge < -0.3 is 14.8 Å². The molecule has 0 fully saturated rings. The number of rotatable bonds is 8. The minimum atomic E-state index is -0.602. The van der Waals surface area contributed by atoms with E-state index in [1.807, 2.05) is 0 Å². The van der Waals surface area contributed by atoms with Gasteiger partial charge in [0.25, 0.3) is 5.91 Å². The fraction of sp³-hybridized carbons (Fsp3) is 0.238. The normalized spacial score (nSPS) is 10.6. The zero-order valence-electron chi connectivity index (χ0n) is 17.1. The number of amides is 1. The van der Waals surface area contributed by atoms with E-state index >= 15 is 0 Å². The van der Waals surface area contributed by atoms with E-state index in [9.17, 15) is 14.4 Å². The molecule has 0 spiro atoms. The Morgan fingerprint density at radius 1 is 1.23 bits per heavy atom. The SMILES string of the molecule is CCOC(=O)c1c(NC(=O)c2ccnn2COc2ccccc2Cl)sc(C(C)=O)c1C. The molecule has 0 unspecified atom stereocenters. The lowest BCUT2D eigenvalue weighted by Gasteiger charge is -2.11. The second-order valence-electron chi connectivity index (χ2n) is 6.41. The number of anilines is 1. The highest BCUT2D eigenvalue weighted by atomic mass is 35.5. The number of thiophene rings is 1. The van der Waals surface area contributed by atoms with Gasteiger partial charge in [0.2, 0.25) is 0 Å². The third-order valence-corrected chi connectivity index (χ3v) is 5.92. The molecule has 31 heavy (non-hydrogen) atoms. The van der Waals surface area contributed by atoms with Crippen molar-refractivity contribution in [3.63, 3.8) is 0 Å². The summed E-state index contributed by atoms with van der Waals surface area (Å²) in [6.07, 6.45) is 1.46. The standard InChI is InChI=1S/C21H20ClN3O5S/c1-4-29-21(28)17-12(2)18(13(3)26)31-20(17)24-19(27)15-9-10-23-25(15)11-30-16-8-6-5-7-14(16)22/h5-10H,4,11H2,1-3H3,(H,24,27). The molecule has 0 saturated carbocycles. The Bertz CT molecular complexity index is 1140. The molecule has 2 heterocycles. The average Bonchev–Trinajstić information content (AvgIpc) is 3.32. The van der Waals surface area contributed by atoms with Crippen LogP contribution in [0, 0.1) is 6.92 Å². The predicted octanol–water partition coefficient (Wildman–Crippen LogP) is 4.57. The smallest absolute Gasteiger partial charge is 0.341 e. The van der Waals surface area contributed by atoms with E-state index in [0.29, 0.717) is 21.2 Å². The van der Waals surface area contributed by atoms with Crippen molar-refractivity contribution in [2.75, 3.05) is 11.9 Å². The summed E-state index contributed by atoms with van der Waals surface area (Å²) in [5, 5.41) is 7.49. The number of hydrogen-bond donors (Lipinski definition) is 1. The van der Waals surface area contributed by atoms with Gasteiger partial charge in [-0.1, -0.05) is 23.7 Å². The number of benzene rings is 1. The first-order valence-corrected chi connectivity index (χ1v) is 10.5. The number of halogens is 1. The van der Waals surface area contributed by atoms with Crippen LogP contribution in [0.5, 0.6) is 5.75 Å². The van der Waals surface area contributed by atoms with E-state index in [-0.39, 0.29) is 35.4 Å². The first-order valence-electron chi connectivity index (χ1n) is 9.35. The fourth-order valence-corrected chi connectivity index (χ4v) is 4.15. The van der Waals surface area contributed by atoms with Gasteiger partial charge in [0.15, 0.2) is 12.5 Å². The first-order chi connectivity index (χ1) is 14.8. The Kier molecular flexibility index (Phi) is 7.09. The van der Waals surface area contributed by atoms with Crippen LogP contribution in [0.3, 0.4) is 0 Å². The van der Waals surface area contributed by atoms with Crippen molar-refractivity contribution in [2.24, 2.45) is 0 Å². The van der Waals surface area contributed by atoms with Gasteiger partial charge >= 0.3 is 5.97 Å². The van der Waals surface area contributed by atoms with Gasteiger partial charge in [-0.2, -0.15) is 5.10 Å². The van der Waals surface area contributed by atoms with Gasteiger partial charge in [0, 0.05) is 6.20 Å². The number of nitrogens with one attached hydrogen (secondary N) is 1. The van der Waals surface area contributed by atoms with E-state index in [1.54, 1.807) is 38.1 Å². The van der Waals surface area contributed by atoms with Gasteiger partial charge in [-0.25, -0.2) is 9.48 Å². The predicted molar refractivity (Wildman–Crippen MR) is 117 cm³/mol. The van der Waals surface area contributed by atoms with Crippen LogP contribution in [-0.4, -0.2) is 34.0 Å². The molecule has 162 valence electrons. The van der Waals surface area contributed by atoms with E-state index in [4.69, 9.17) is 21.1 Å². The van der Waals surface area contributed by atoms with Crippen LogP contribution in [0.2, 0.25) is 5.02 Å². The Labute approximate surface area is 187 Å². The molecule has 0 aliphatic rings. The van der Waals surface area contributed by atoms with E-state index in [1.165, 1.54) is 23.9 Å². The third kappa shape index (κ3) is 4.95. The maximum Gasteiger partial charge on any atom is 0.341 e. The molecule has 1 N–H and O–H groups in total.